The van der Waals surface area contributed by atoms with Gasteiger partial charge in [-0.1, -0.05) is 19.8 Å². The molecule has 5 heteroatoms. The molecule has 2 heterocycles. The molecular weight excluding hydrogens is 280 g/mol. The molecule has 1 N–H and O–H groups in total. The summed E-state index contributed by atoms with van der Waals surface area (Å²) in [5.41, 5.74) is 0. The predicted octanol–water partition coefficient (Wildman–Crippen LogP) is 2.88. The lowest BCUT2D eigenvalue weighted by atomic mass is 10.2. The molecular formula is C16H28N4S. The normalized spacial score (nSPS) is 22.9. The number of hydrogen-bond acceptors (Lipinski definition) is 5. The van der Waals surface area contributed by atoms with Crippen molar-refractivity contribution in [1.82, 2.24) is 15.2 Å². The second-order valence-electron chi connectivity index (χ2n) is 6.29. The van der Waals surface area contributed by atoms with E-state index in [4.69, 9.17) is 0 Å². The summed E-state index contributed by atoms with van der Waals surface area (Å²) in [5.74, 6) is 0. The molecule has 3 rings (SSSR count). The Kier molecular flexibility index (Phi) is 5.14. The zero-order chi connectivity index (χ0) is 14.7. The van der Waals surface area contributed by atoms with Crippen molar-refractivity contribution in [2.24, 2.45) is 0 Å². The van der Waals surface area contributed by atoms with Crippen LogP contribution in [0.2, 0.25) is 0 Å². The van der Waals surface area contributed by atoms with Crippen LogP contribution in [0.25, 0.3) is 0 Å². The number of nitrogens with one attached hydrogen (secondary N) is 1. The summed E-state index contributed by atoms with van der Waals surface area (Å²) < 4.78 is 0. The molecule has 0 aromatic carbocycles. The van der Waals surface area contributed by atoms with Crippen molar-refractivity contribution in [2.75, 3.05) is 37.6 Å². The van der Waals surface area contributed by atoms with Crippen LogP contribution in [0.5, 0.6) is 0 Å². The molecule has 2 aliphatic rings. The first-order chi connectivity index (χ1) is 10.3. The Labute approximate surface area is 132 Å². The standard InChI is InChI=1S/C16H28N4S/c1-3-17-13(2)15-12-18-16(21-15)20-10-8-19(9-11-20)14-6-4-5-7-14/h12-14,17H,3-11H2,1-2H3. The van der Waals surface area contributed by atoms with Gasteiger partial charge in [-0.05, 0) is 26.3 Å². The summed E-state index contributed by atoms with van der Waals surface area (Å²) in [6, 6.07) is 1.29. The first-order valence-corrected chi connectivity index (χ1v) is 9.27. The summed E-state index contributed by atoms with van der Waals surface area (Å²) in [7, 11) is 0. The first-order valence-electron chi connectivity index (χ1n) is 8.46. The maximum absolute atomic E-state index is 4.65. The molecule has 1 aliphatic heterocycles. The molecule has 0 amide bonds. The average Bonchev–Trinajstić information content (AvgIpc) is 3.19. The number of thiazole rings is 1. The van der Waals surface area contributed by atoms with Gasteiger partial charge >= 0.3 is 0 Å². The van der Waals surface area contributed by atoms with Crippen LogP contribution in [-0.2, 0) is 0 Å². The lowest BCUT2D eigenvalue weighted by Gasteiger charge is -2.37. The maximum Gasteiger partial charge on any atom is 0.185 e. The van der Waals surface area contributed by atoms with Crippen LogP contribution >= 0.6 is 11.3 Å². The molecule has 1 aliphatic carbocycles. The van der Waals surface area contributed by atoms with Crippen molar-refractivity contribution >= 4 is 16.5 Å². The molecule has 0 bridgehead atoms. The first kappa shape index (κ1) is 15.3. The number of hydrogen-bond donors (Lipinski definition) is 1. The van der Waals surface area contributed by atoms with Gasteiger partial charge in [0.25, 0.3) is 0 Å². The van der Waals surface area contributed by atoms with Crippen LogP contribution in [0.1, 0.15) is 50.4 Å². The smallest absolute Gasteiger partial charge is 0.185 e. The van der Waals surface area contributed by atoms with Crippen LogP contribution in [-0.4, -0.2) is 48.6 Å². The van der Waals surface area contributed by atoms with Gasteiger partial charge in [-0.15, -0.1) is 11.3 Å². The van der Waals surface area contributed by atoms with Gasteiger partial charge in [-0.3, -0.25) is 4.90 Å². The molecule has 0 radical (unpaired) electrons. The van der Waals surface area contributed by atoms with Crippen molar-refractivity contribution < 1.29 is 0 Å². The van der Waals surface area contributed by atoms with E-state index in [9.17, 15) is 0 Å². The molecule has 1 aromatic heterocycles. The van der Waals surface area contributed by atoms with Gasteiger partial charge in [0.1, 0.15) is 0 Å². The van der Waals surface area contributed by atoms with Crippen molar-refractivity contribution in [3.8, 4) is 0 Å². The second kappa shape index (κ2) is 7.07. The zero-order valence-electron chi connectivity index (χ0n) is 13.3. The highest BCUT2D eigenvalue weighted by Gasteiger charge is 2.27. The molecule has 1 unspecified atom stereocenters. The van der Waals surface area contributed by atoms with Crippen LogP contribution < -0.4 is 10.2 Å². The molecule has 0 spiro atoms. The predicted molar refractivity (Wildman–Crippen MR) is 90.2 cm³/mol. The largest absolute Gasteiger partial charge is 0.346 e. The molecule has 1 saturated heterocycles. The monoisotopic (exact) mass is 308 g/mol. The number of anilines is 1. The highest BCUT2D eigenvalue weighted by atomic mass is 32.1. The number of nitrogens with zero attached hydrogens (tertiary/aromatic N) is 3. The van der Waals surface area contributed by atoms with Gasteiger partial charge in [0, 0.05) is 49.3 Å². The van der Waals surface area contributed by atoms with Crippen LogP contribution in [0.15, 0.2) is 6.20 Å². The van der Waals surface area contributed by atoms with E-state index in [0.717, 1.165) is 25.7 Å². The van der Waals surface area contributed by atoms with Gasteiger partial charge in [0.05, 0.1) is 0 Å². The topological polar surface area (TPSA) is 31.4 Å². The van der Waals surface area contributed by atoms with Gasteiger partial charge in [-0.2, -0.15) is 0 Å². The highest BCUT2D eigenvalue weighted by molar-refractivity contribution is 7.15. The second-order valence-corrected chi connectivity index (χ2v) is 7.33. The van der Waals surface area contributed by atoms with Crippen LogP contribution in [0, 0.1) is 0 Å². The Hall–Kier alpha value is -0.650. The molecule has 1 aromatic rings. The van der Waals surface area contributed by atoms with E-state index in [2.05, 4.69) is 40.1 Å². The van der Waals surface area contributed by atoms with Gasteiger partial charge < -0.3 is 10.2 Å². The highest BCUT2D eigenvalue weighted by Crippen LogP contribution is 2.29. The third kappa shape index (κ3) is 3.58. The average molecular weight is 308 g/mol. The van der Waals surface area contributed by atoms with E-state index in [1.165, 1.54) is 48.8 Å². The van der Waals surface area contributed by atoms with Crippen molar-refractivity contribution in [3.05, 3.63) is 11.1 Å². The zero-order valence-corrected chi connectivity index (χ0v) is 14.2. The third-order valence-corrected chi connectivity index (χ3v) is 6.12. The lowest BCUT2D eigenvalue weighted by molar-refractivity contribution is 0.187. The molecule has 4 nitrogen and oxygen atoms in total. The quantitative estimate of drug-likeness (QED) is 0.906. The van der Waals surface area contributed by atoms with Crippen molar-refractivity contribution in [2.45, 2.75) is 51.6 Å². The summed E-state index contributed by atoms with van der Waals surface area (Å²) >= 11 is 1.85. The lowest BCUT2D eigenvalue weighted by Crippen LogP contribution is -2.49. The number of piperazine rings is 1. The summed E-state index contributed by atoms with van der Waals surface area (Å²) in [6.07, 6.45) is 7.76. The van der Waals surface area contributed by atoms with Gasteiger partial charge in [-0.25, -0.2) is 4.98 Å². The van der Waals surface area contributed by atoms with Gasteiger partial charge in [0.2, 0.25) is 0 Å². The molecule has 1 saturated carbocycles. The van der Waals surface area contributed by atoms with E-state index in [1.54, 1.807) is 0 Å². The molecule has 1 atom stereocenters. The summed E-state index contributed by atoms with van der Waals surface area (Å²) in [6.45, 7) is 10.1. The minimum absolute atomic E-state index is 0.418. The fourth-order valence-electron chi connectivity index (χ4n) is 3.58. The van der Waals surface area contributed by atoms with E-state index in [0.29, 0.717) is 6.04 Å². The fraction of sp³-hybridized carbons (Fsp3) is 0.812. The van der Waals surface area contributed by atoms with Gasteiger partial charge in [0.15, 0.2) is 5.13 Å². The Bertz CT molecular complexity index is 433. The molecule has 21 heavy (non-hydrogen) atoms. The molecule has 118 valence electrons. The fourth-order valence-corrected chi connectivity index (χ4v) is 4.57. The minimum atomic E-state index is 0.418. The Morgan fingerprint density at radius 3 is 2.67 bits per heavy atom. The number of aromatic nitrogens is 1. The van der Waals surface area contributed by atoms with E-state index in [-0.39, 0.29) is 0 Å². The van der Waals surface area contributed by atoms with Crippen LogP contribution in [0.3, 0.4) is 0 Å². The third-order valence-electron chi connectivity index (χ3n) is 4.87. The Balaban J connectivity index is 1.54. The Morgan fingerprint density at radius 1 is 1.29 bits per heavy atom. The SMILES string of the molecule is CCNC(C)c1cnc(N2CCN(C3CCCC3)CC2)s1. The number of rotatable bonds is 5. The Morgan fingerprint density at radius 2 is 2.00 bits per heavy atom. The van der Waals surface area contributed by atoms with E-state index >= 15 is 0 Å². The van der Waals surface area contributed by atoms with Crippen LogP contribution in [0.4, 0.5) is 5.13 Å². The molecule has 2 fully saturated rings. The van der Waals surface area contributed by atoms with E-state index in [1.807, 2.05) is 11.3 Å². The van der Waals surface area contributed by atoms with Crippen molar-refractivity contribution in [1.29, 1.82) is 0 Å². The van der Waals surface area contributed by atoms with Crippen molar-refractivity contribution in [3.63, 3.8) is 0 Å². The maximum atomic E-state index is 4.65. The van der Waals surface area contributed by atoms with E-state index < -0.39 is 0 Å². The summed E-state index contributed by atoms with van der Waals surface area (Å²) in [5, 5.41) is 4.67. The summed E-state index contributed by atoms with van der Waals surface area (Å²) in [4.78, 5) is 11.2. The minimum Gasteiger partial charge on any atom is -0.346 e.